The second kappa shape index (κ2) is 7.99. The van der Waals surface area contributed by atoms with Crippen LogP contribution in [0.2, 0.25) is 0 Å². The van der Waals surface area contributed by atoms with Crippen LogP contribution < -0.4 is 5.32 Å². The standard InChI is InChI=1S/C13H21N3O2S/c1-5-14-10-7-11(16-13(15-10)9(3)4)19-8-12(17)18-6-2/h7,9H,5-6,8H2,1-4H3,(H,14,15,16). The van der Waals surface area contributed by atoms with Crippen LogP contribution in [0.25, 0.3) is 0 Å². The maximum absolute atomic E-state index is 11.3. The van der Waals surface area contributed by atoms with Crippen molar-refractivity contribution in [1.82, 2.24) is 9.97 Å². The van der Waals surface area contributed by atoms with Crippen molar-refractivity contribution in [3.05, 3.63) is 11.9 Å². The number of nitrogens with one attached hydrogen (secondary N) is 1. The molecule has 0 aliphatic rings. The fourth-order valence-corrected chi connectivity index (χ4v) is 2.08. The zero-order valence-electron chi connectivity index (χ0n) is 11.9. The van der Waals surface area contributed by atoms with Crippen molar-refractivity contribution < 1.29 is 9.53 Å². The average molecular weight is 283 g/mol. The number of carbonyl (C=O) groups is 1. The van der Waals surface area contributed by atoms with Gasteiger partial charge in [0.2, 0.25) is 0 Å². The first kappa shape index (κ1) is 15.8. The largest absolute Gasteiger partial charge is 0.465 e. The van der Waals surface area contributed by atoms with Gasteiger partial charge in [0.25, 0.3) is 0 Å². The number of rotatable bonds is 7. The number of ether oxygens (including phenoxy) is 1. The maximum atomic E-state index is 11.3. The van der Waals surface area contributed by atoms with E-state index in [0.717, 1.165) is 23.2 Å². The van der Waals surface area contributed by atoms with E-state index in [0.29, 0.717) is 6.61 Å². The molecular weight excluding hydrogens is 262 g/mol. The molecule has 106 valence electrons. The van der Waals surface area contributed by atoms with Crippen LogP contribution in [0, 0.1) is 0 Å². The molecule has 19 heavy (non-hydrogen) atoms. The predicted molar refractivity (Wildman–Crippen MR) is 77.6 cm³/mol. The summed E-state index contributed by atoms with van der Waals surface area (Å²) in [4.78, 5) is 20.2. The van der Waals surface area contributed by atoms with E-state index in [1.165, 1.54) is 11.8 Å². The number of hydrogen-bond donors (Lipinski definition) is 1. The van der Waals surface area contributed by atoms with Crippen molar-refractivity contribution in [3.63, 3.8) is 0 Å². The van der Waals surface area contributed by atoms with E-state index in [2.05, 4.69) is 15.3 Å². The lowest BCUT2D eigenvalue weighted by atomic mass is 10.2. The summed E-state index contributed by atoms with van der Waals surface area (Å²) in [5.74, 6) is 1.88. The van der Waals surface area contributed by atoms with Crippen LogP contribution in [0.5, 0.6) is 0 Å². The van der Waals surface area contributed by atoms with Gasteiger partial charge in [-0.15, -0.1) is 0 Å². The first-order chi connectivity index (χ1) is 9.06. The predicted octanol–water partition coefficient (Wildman–Crippen LogP) is 2.69. The van der Waals surface area contributed by atoms with Gasteiger partial charge < -0.3 is 10.1 Å². The van der Waals surface area contributed by atoms with Crippen LogP contribution in [-0.4, -0.2) is 34.8 Å². The molecule has 6 heteroatoms. The molecule has 0 aliphatic heterocycles. The SMILES string of the molecule is CCNc1cc(SCC(=O)OCC)nc(C(C)C)n1. The molecule has 0 atom stereocenters. The second-order valence-electron chi connectivity index (χ2n) is 4.23. The summed E-state index contributed by atoms with van der Waals surface area (Å²) in [5, 5.41) is 3.97. The lowest BCUT2D eigenvalue weighted by molar-refractivity contribution is -0.139. The normalized spacial score (nSPS) is 10.6. The van der Waals surface area contributed by atoms with Gasteiger partial charge in [0, 0.05) is 18.5 Å². The Morgan fingerprint density at radius 3 is 2.74 bits per heavy atom. The molecule has 0 spiro atoms. The smallest absolute Gasteiger partial charge is 0.316 e. The minimum Gasteiger partial charge on any atom is -0.465 e. The molecule has 1 aromatic heterocycles. The van der Waals surface area contributed by atoms with Crippen LogP contribution in [0.4, 0.5) is 5.82 Å². The molecule has 0 aromatic carbocycles. The highest BCUT2D eigenvalue weighted by atomic mass is 32.2. The third-order valence-corrected chi connectivity index (χ3v) is 3.12. The molecule has 0 unspecified atom stereocenters. The molecule has 1 heterocycles. The van der Waals surface area contributed by atoms with Crippen molar-refractivity contribution in [2.75, 3.05) is 24.2 Å². The van der Waals surface area contributed by atoms with Gasteiger partial charge in [-0.25, -0.2) is 9.97 Å². The van der Waals surface area contributed by atoms with Crippen molar-refractivity contribution >= 4 is 23.5 Å². The Balaban J connectivity index is 2.78. The Morgan fingerprint density at radius 2 is 2.16 bits per heavy atom. The Bertz CT molecular complexity index is 424. The highest BCUT2D eigenvalue weighted by Crippen LogP contribution is 2.21. The lowest BCUT2D eigenvalue weighted by Gasteiger charge is -2.10. The molecule has 0 saturated heterocycles. The number of anilines is 1. The minimum atomic E-state index is -0.220. The monoisotopic (exact) mass is 283 g/mol. The molecule has 1 aromatic rings. The number of hydrogen-bond acceptors (Lipinski definition) is 6. The summed E-state index contributed by atoms with van der Waals surface area (Å²) in [7, 11) is 0. The third-order valence-electron chi connectivity index (χ3n) is 2.24. The van der Waals surface area contributed by atoms with E-state index < -0.39 is 0 Å². The van der Waals surface area contributed by atoms with E-state index >= 15 is 0 Å². The van der Waals surface area contributed by atoms with Gasteiger partial charge in [0.05, 0.1) is 12.4 Å². The Labute approximate surface area is 118 Å². The van der Waals surface area contributed by atoms with Crippen molar-refractivity contribution in [2.24, 2.45) is 0 Å². The van der Waals surface area contributed by atoms with E-state index in [1.807, 2.05) is 26.8 Å². The van der Waals surface area contributed by atoms with Gasteiger partial charge in [0.15, 0.2) is 0 Å². The summed E-state index contributed by atoms with van der Waals surface area (Å²) in [6.45, 7) is 9.12. The van der Waals surface area contributed by atoms with Crippen LogP contribution in [0.1, 0.15) is 39.4 Å². The average Bonchev–Trinajstić information content (AvgIpc) is 2.37. The van der Waals surface area contributed by atoms with Gasteiger partial charge in [-0.3, -0.25) is 4.79 Å². The van der Waals surface area contributed by atoms with Crippen molar-refractivity contribution in [3.8, 4) is 0 Å². The number of carbonyl (C=O) groups excluding carboxylic acids is 1. The lowest BCUT2D eigenvalue weighted by Crippen LogP contribution is -2.08. The van der Waals surface area contributed by atoms with Gasteiger partial charge in [-0.05, 0) is 13.8 Å². The quantitative estimate of drug-likeness (QED) is 0.471. The molecule has 5 nitrogen and oxygen atoms in total. The molecule has 0 amide bonds. The Kier molecular flexibility index (Phi) is 6.62. The fourth-order valence-electron chi connectivity index (χ4n) is 1.38. The molecule has 1 N–H and O–H groups in total. The first-order valence-electron chi connectivity index (χ1n) is 6.48. The van der Waals surface area contributed by atoms with Crippen molar-refractivity contribution in [1.29, 1.82) is 0 Å². The zero-order chi connectivity index (χ0) is 14.3. The molecule has 0 saturated carbocycles. The molecular formula is C13H21N3O2S. The summed E-state index contributed by atoms with van der Waals surface area (Å²) in [6.07, 6.45) is 0. The number of thioether (sulfide) groups is 1. The zero-order valence-corrected chi connectivity index (χ0v) is 12.7. The second-order valence-corrected chi connectivity index (χ2v) is 5.22. The summed E-state index contributed by atoms with van der Waals surface area (Å²) < 4.78 is 4.90. The number of esters is 1. The fraction of sp³-hybridized carbons (Fsp3) is 0.615. The number of aromatic nitrogens is 2. The van der Waals surface area contributed by atoms with Gasteiger partial charge in [0.1, 0.15) is 16.7 Å². The van der Waals surface area contributed by atoms with Crippen LogP contribution in [-0.2, 0) is 9.53 Å². The molecule has 0 fully saturated rings. The van der Waals surface area contributed by atoms with Crippen LogP contribution >= 0.6 is 11.8 Å². The minimum absolute atomic E-state index is 0.220. The topological polar surface area (TPSA) is 64.1 Å². The highest BCUT2D eigenvalue weighted by Gasteiger charge is 2.10. The van der Waals surface area contributed by atoms with E-state index in [4.69, 9.17) is 4.74 Å². The molecule has 1 rings (SSSR count). The van der Waals surface area contributed by atoms with E-state index in [1.54, 1.807) is 6.92 Å². The summed E-state index contributed by atoms with van der Waals surface area (Å²) >= 11 is 1.37. The first-order valence-corrected chi connectivity index (χ1v) is 7.46. The van der Waals surface area contributed by atoms with Crippen LogP contribution in [0.15, 0.2) is 11.1 Å². The van der Waals surface area contributed by atoms with E-state index in [9.17, 15) is 4.79 Å². The number of nitrogens with zero attached hydrogens (tertiary/aromatic N) is 2. The van der Waals surface area contributed by atoms with E-state index in [-0.39, 0.29) is 17.6 Å². The summed E-state index contributed by atoms with van der Waals surface area (Å²) in [5.41, 5.74) is 0. The summed E-state index contributed by atoms with van der Waals surface area (Å²) in [6, 6.07) is 1.86. The highest BCUT2D eigenvalue weighted by molar-refractivity contribution is 7.99. The van der Waals surface area contributed by atoms with Gasteiger partial charge >= 0.3 is 5.97 Å². The van der Waals surface area contributed by atoms with Gasteiger partial charge in [-0.2, -0.15) is 0 Å². The molecule has 0 bridgehead atoms. The Hall–Kier alpha value is -1.30. The Morgan fingerprint density at radius 1 is 1.42 bits per heavy atom. The maximum Gasteiger partial charge on any atom is 0.316 e. The third kappa shape index (κ3) is 5.46. The van der Waals surface area contributed by atoms with Crippen LogP contribution in [0.3, 0.4) is 0 Å². The molecule has 0 radical (unpaired) electrons. The van der Waals surface area contributed by atoms with Gasteiger partial charge in [-0.1, -0.05) is 25.6 Å². The van der Waals surface area contributed by atoms with Crippen molar-refractivity contribution in [2.45, 2.75) is 38.6 Å². The molecule has 0 aliphatic carbocycles.